The first-order valence-electron chi connectivity index (χ1n) is 11.1. The van der Waals surface area contributed by atoms with Gasteiger partial charge in [-0.15, -0.1) is 5.10 Å². The average Bonchev–Trinajstić information content (AvgIpc) is 3.23. The highest BCUT2D eigenvalue weighted by Gasteiger charge is 2.25. The summed E-state index contributed by atoms with van der Waals surface area (Å²) in [6.07, 6.45) is 6.93. The van der Waals surface area contributed by atoms with E-state index in [1.807, 2.05) is 19.2 Å². The molecule has 1 saturated heterocycles. The molecule has 5 heterocycles. The average molecular weight is 437 g/mol. The molecule has 168 valence electrons. The molecule has 0 N–H and O–H groups in total. The molecule has 0 spiro atoms. The van der Waals surface area contributed by atoms with Crippen LogP contribution in [-0.2, 0) is 24.3 Å². The molecule has 3 aromatic heterocycles. The van der Waals surface area contributed by atoms with Crippen LogP contribution in [0.25, 0.3) is 5.69 Å². The third kappa shape index (κ3) is 4.31. The van der Waals surface area contributed by atoms with E-state index in [2.05, 4.69) is 31.2 Å². The van der Waals surface area contributed by atoms with Crippen molar-refractivity contribution in [2.45, 2.75) is 45.4 Å². The van der Waals surface area contributed by atoms with Gasteiger partial charge in [-0.3, -0.25) is 4.90 Å². The quantitative estimate of drug-likeness (QED) is 0.583. The van der Waals surface area contributed by atoms with Crippen molar-refractivity contribution in [2.75, 3.05) is 26.9 Å². The molecule has 0 aromatic carbocycles. The number of rotatable bonds is 6. The Kier molecular flexibility index (Phi) is 6.00. The number of nitrogens with zero attached hydrogens (tertiary/aromatic N) is 6. The van der Waals surface area contributed by atoms with Crippen molar-refractivity contribution < 1.29 is 14.2 Å². The Morgan fingerprint density at radius 3 is 2.72 bits per heavy atom. The summed E-state index contributed by atoms with van der Waals surface area (Å²) in [6.45, 7) is 6.01. The molecule has 0 aliphatic carbocycles. The molecule has 0 bridgehead atoms. The van der Waals surface area contributed by atoms with E-state index in [0.717, 1.165) is 62.6 Å². The fraction of sp³-hybridized carbons (Fsp3) is 0.478. The summed E-state index contributed by atoms with van der Waals surface area (Å²) in [5.41, 5.74) is 5.09. The Hall–Kier alpha value is -3.04. The van der Waals surface area contributed by atoms with Gasteiger partial charge in [0.15, 0.2) is 0 Å². The summed E-state index contributed by atoms with van der Waals surface area (Å²) in [6, 6.07) is 6.39. The molecular formula is C23H28N6O3. The smallest absolute Gasteiger partial charge is 0.213 e. The molecular weight excluding hydrogens is 408 g/mol. The highest BCUT2D eigenvalue weighted by Crippen LogP contribution is 2.26. The SMILES string of the molecule is COc1ccc(-n2nnc(C)c2COc2cc3c(cn2)CN(C2CCOCC2)CC3)cn1. The van der Waals surface area contributed by atoms with Crippen LogP contribution in [0.2, 0.25) is 0 Å². The number of pyridine rings is 2. The van der Waals surface area contributed by atoms with Gasteiger partial charge in [0.1, 0.15) is 12.3 Å². The molecule has 0 unspecified atom stereocenters. The first-order valence-corrected chi connectivity index (χ1v) is 11.1. The Balaban J connectivity index is 1.27. The fourth-order valence-corrected chi connectivity index (χ4v) is 4.39. The maximum atomic E-state index is 6.06. The fourth-order valence-electron chi connectivity index (χ4n) is 4.39. The number of aryl methyl sites for hydroxylation is 1. The molecule has 0 saturated carbocycles. The second-order valence-electron chi connectivity index (χ2n) is 8.24. The lowest BCUT2D eigenvalue weighted by Crippen LogP contribution is -2.42. The summed E-state index contributed by atoms with van der Waals surface area (Å²) in [5, 5.41) is 8.46. The molecule has 9 nitrogen and oxygen atoms in total. The van der Waals surface area contributed by atoms with E-state index < -0.39 is 0 Å². The number of fused-ring (bicyclic) bond motifs is 1. The van der Waals surface area contributed by atoms with E-state index in [1.54, 1.807) is 24.1 Å². The van der Waals surface area contributed by atoms with Crippen LogP contribution < -0.4 is 9.47 Å². The van der Waals surface area contributed by atoms with E-state index >= 15 is 0 Å². The van der Waals surface area contributed by atoms with Crippen LogP contribution in [0.4, 0.5) is 0 Å². The van der Waals surface area contributed by atoms with Crippen molar-refractivity contribution in [2.24, 2.45) is 0 Å². The zero-order chi connectivity index (χ0) is 21.9. The normalized spacial score (nSPS) is 17.2. The van der Waals surface area contributed by atoms with Crippen LogP contribution in [0, 0.1) is 6.92 Å². The molecule has 5 rings (SSSR count). The third-order valence-electron chi connectivity index (χ3n) is 6.30. The van der Waals surface area contributed by atoms with Crippen LogP contribution in [0.15, 0.2) is 30.6 Å². The third-order valence-corrected chi connectivity index (χ3v) is 6.30. The lowest BCUT2D eigenvalue weighted by atomic mass is 9.98. The summed E-state index contributed by atoms with van der Waals surface area (Å²) in [4.78, 5) is 11.4. The van der Waals surface area contributed by atoms with Crippen LogP contribution in [0.5, 0.6) is 11.8 Å². The number of aromatic nitrogens is 5. The Morgan fingerprint density at radius 2 is 1.94 bits per heavy atom. The Bertz CT molecular complexity index is 1060. The first kappa shape index (κ1) is 20.8. The van der Waals surface area contributed by atoms with Gasteiger partial charge in [-0.25, -0.2) is 14.6 Å². The van der Waals surface area contributed by atoms with Crippen LogP contribution in [-0.4, -0.2) is 62.8 Å². The number of ether oxygens (including phenoxy) is 3. The molecule has 9 heteroatoms. The van der Waals surface area contributed by atoms with Gasteiger partial charge < -0.3 is 14.2 Å². The summed E-state index contributed by atoms with van der Waals surface area (Å²) in [7, 11) is 1.59. The minimum absolute atomic E-state index is 0.324. The van der Waals surface area contributed by atoms with Crippen molar-refractivity contribution in [3.8, 4) is 17.4 Å². The van der Waals surface area contributed by atoms with Gasteiger partial charge in [0, 0.05) is 50.7 Å². The van der Waals surface area contributed by atoms with Gasteiger partial charge in [-0.2, -0.15) is 0 Å². The van der Waals surface area contributed by atoms with Gasteiger partial charge in [0.25, 0.3) is 0 Å². The van der Waals surface area contributed by atoms with Crippen molar-refractivity contribution in [1.82, 2.24) is 29.9 Å². The van der Waals surface area contributed by atoms with Crippen LogP contribution in [0.1, 0.15) is 35.4 Å². The predicted octanol–water partition coefficient (Wildman–Crippen LogP) is 2.49. The number of hydrogen-bond acceptors (Lipinski definition) is 8. The van der Waals surface area contributed by atoms with Gasteiger partial charge in [-0.1, -0.05) is 5.21 Å². The maximum Gasteiger partial charge on any atom is 0.213 e. The molecule has 0 amide bonds. The lowest BCUT2D eigenvalue weighted by molar-refractivity contribution is 0.0289. The molecule has 2 aliphatic heterocycles. The maximum absolute atomic E-state index is 6.06. The zero-order valence-corrected chi connectivity index (χ0v) is 18.5. The molecule has 0 atom stereocenters. The zero-order valence-electron chi connectivity index (χ0n) is 18.5. The molecule has 32 heavy (non-hydrogen) atoms. The van der Waals surface area contributed by atoms with Crippen molar-refractivity contribution in [3.05, 3.63) is 53.1 Å². The minimum Gasteiger partial charge on any atom is -0.481 e. The molecule has 3 aromatic rings. The molecule has 1 fully saturated rings. The van der Waals surface area contributed by atoms with Crippen molar-refractivity contribution in [3.63, 3.8) is 0 Å². The minimum atomic E-state index is 0.324. The number of hydrogen-bond donors (Lipinski definition) is 0. The van der Waals surface area contributed by atoms with Crippen LogP contribution in [0.3, 0.4) is 0 Å². The van der Waals surface area contributed by atoms with E-state index in [1.165, 1.54) is 11.1 Å². The second kappa shape index (κ2) is 9.22. The Morgan fingerprint density at radius 1 is 1.09 bits per heavy atom. The molecule has 0 radical (unpaired) electrons. The monoisotopic (exact) mass is 436 g/mol. The Labute approximate surface area is 187 Å². The van der Waals surface area contributed by atoms with Gasteiger partial charge in [0.05, 0.1) is 24.7 Å². The van der Waals surface area contributed by atoms with Crippen LogP contribution >= 0.6 is 0 Å². The number of methoxy groups -OCH3 is 1. The van der Waals surface area contributed by atoms with Crippen molar-refractivity contribution in [1.29, 1.82) is 0 Å². The summed E-state index contributed by atoms with van der Waals surface area (Å²) in [5.74, 6) is 1.18. The molecule has 2 aliphatic rings. The predicted molar refractivity (Wildman–Crippen MR) is 117 cm³/mol. The van der Waals surface area contributed by atoms with Gasteiger partial charge in [-0.05, 0) is 43.4 Å². The van der Waals surface area contributed by atoms with E-state index in [-0.39, 0.29) is 0 Å². The summed E-state index contributed by atoms with van der Waals surface area (Å²) < 4.78 is 18.5. The topological polar surface area (TPSA) is 87.4 Å². The van der Waals surface area contributed by atoms with E-state index in [9.17, 15) is 0 Å². The van der Waals surface area contributed by atoms with Crippen molar-refractivity contribution >= 4 is 0 Å². The van der Waals surface area contributed by atoms with E-state index in [4.69, 9.17) is 14.2 Å². The highest BCUT2D eigenvalue weighted by atomic mass is 16.5. The lowest BCUT2D eigenvalue weighted by Gasteiger charge is -2.37. The standard InChI is InChI=1S/C23H28N6O3/c1-16-21(29(27-26-16)20-3-4-22(30-2)25-13-20)15-32-23-11-17-5-8-28(14-18(17)12-24-23)19-6-9-31-10-7-19/h3-4,11-13,19H,5-10,14-15H2,1-2H3. The highest BCUT2D eigenvalue weighted by molar-refractivity contribution is 5.34. The van der Waals surface area contributed by atoms with Gasteiger partial charge in [0.2, 0.25) is 11.8 Å². The van der Waals surface area contributed by atoms with E-state index in [0.29, 0.717) is 24.4 Å². The first-order chi connectivity index (χ1) is 15.7. The largest absolute Gasteiger partial charge is 0.481 e. The second-order valence-corrected chi connectivity index (χ2v) is 8.24. The summed E-state index contributed by atoms with van der Waals surface area (Å²) >= 11 is 0. The van der Waals surface area contributed by atoms with Gasteiger partial charge >= 0.3 is 0 Å².